The molecule has 2 aromatic carbocycles. The molecule has 4 aromatic rings. The molecule has 0 saturated carbocycles. The SMILES string of the molecule is CCCc1cn(C)c2c(=O)[nH]c(-c3cc(S(=O)(=O)N4CCN(c5ccc(F)cc5)CC4)ccc3OCC)nc12. The zero-order valence-electron chi connectivity index (χ0n) is 22.3. The number of anilines is 1. The second-order valence-corrected chi connectivity index (χ2v) is 11.5. The smallest absolute Gasteiger partial charge is 0.275 e. The van der Waals surface area contributed by atoms with Gasteiger partial charge >= 0.3 is 0 Å². The second kappa shape index (κ2) is 10.8. The molecule has 0 radical (unpaired) electrons. The Labute approximate surface area is 226 Å². The number of hydrogen-bond donors (Lipinski definition) is 1. The van der Waals surface area contributed by atoms with Gasteiger partial charge < -0.3 is 19.2 Å². The summed E-state index contributed by atoms with van der Waals surface area (Å²) in [6.07, 6.45) is 3.58. The van der Waals surface area contributed by atoms with E-state index in [2.05, 4.69) is 11.9 Å². The van der Waals surface area contributed by atoms with Gasteiger partial charge in [-0.25, -0.2) is 17.8 Å². The van der Waals surface area contributed by atoms with Crippen LogP contribution in [0.15, 0.2) is 58.4 Å². The van der Waals surface area contributed by atoms with Gasteiger partial charge in [0.1, 0.15) is 22.9 Å². The average molecular weight is 554 g/mol. The molecular weight excluding hydrogens is 521 g/mol. The number of fused-ring (bicyclic) bond motifs is 1. The molecular formula is C28H32FN5O4S. The molecule has 206 valence electrons. The molecule has 1 aliphatic heterocycles. The van der Waals surface area contributed by atoms with E-state index < -0.39 is 10.0 Å². The molecule has 11 heteroatoms. The third kappa shape index (κ3) is 5.16. The van der Waals surface area contributed by atoms with Crippen molar-refractivity contribution < 1.29 is 17.5 Å². The summed E-state index contributed by atoms with van der Waals surface area (Å²) in [6, 6.07) is 10.9. The Kier molecular flexibility index (Phi) is 7.46. The normalized spacial score (nSPS) is 14.7. The van der Waals surface area contributed by atoms with Crippen molar-refractivity contribution in [1.82, 2.24) is 18.8 Å². The van der Waals surface area contributed by atoms with Crippen molar-refractivity contribution in [3.63, 3.8) is 0 Å². The first-order valence-corrected chi connectivity index (χ1v) is 14.5. The van der Waals surface area contributed by atoms with Crippen LogP contribution in [0.4, 0.5) is 10.1 Å². The number of H-pyrrole nitrogens is 1. The van der Waals surface area contributed by atoms with Crippen molar-refractivity contribution in [3.05, 3.63) is 70.4 Å². The lowest BCUT2D eigenvalue weighted by Gasteiger charge is -2.35. The molecule has 1 aliphatic rings. The predicted molar refractivity (Wildman–Crippen MR) is 149 cm³/mol. The van der Waals surface area contributed by atoms with Crippen molar-refractivity contribution in [2.24, 2.45) is 7.05 Å². The molecule has 0 aliphatic carbocycles. The molecule has 5 rings (SSSR count). The highest BCUT2D eigenvalue weighted by molar-refractivity contribution is 7.89. The molecule has 2 aromatic heterocycles. The summed E-state index contributed by atoms with van der Waals surface area (Å²) in [5.41, 5.74) is 3.00. The maximum Gasteiger partial charge on any atom is 0.275 e. The van der Waals surface area contributed by atoms with Crippen LogP contribution in [-0.2, 0) is 23.5 Å². The van der Waals surface area contributed by atoms with Gasteiger partial charge in [-0.3, -0.25) is 4.79 Å². The third-order valence-electron chi connectivity index (χ3n) is 6.99. The minimum absolute atomic E-state index is 0.0979. The molecule has 1 N–H and O–H groups in total. The van der Waals surface area contributed by atoms with E-state index in [-0.39, 0.29) is 35.2 Å². The molecule has 3 heterocycles. The minimum atomic E-state index is -3.83. The Morgan fingerprint density at radius 3 is 2.44 bits per heavy atom. The molecule has 1 fully saturated rings. The van der Waals surface area contributed by atoms with E-state index in [9.17, 15) is 17.6 Å². The fourth-order valence-electron chi connectivity index (χ4n) is 5.08. The van der Waals surface area contributed by atoms with Crippen LogP contribution in [0.5, 0.6) is 5.75 Å². The largest absolute Gasteiger partial charge is 0.493 e. The molecule has 0 amide bonds. The maximum atomic E-state index is 13.7. The Morgan fingerprint density at radius 2 is 1.77 bits per heavy atom. The molecule has 9 nitrogen and oxygen atoms in total. The van der Waals surface area contributed by atoms with E-state index in [1.807, 2.05) is 25.1 Å². The molecule has 0 bridgehead atoms. The monoisotopic (exact) mass is 553 g/mol. The predicted octanol–water partition coefficient (Wildman–Crippen LogP) is 3.93. The lowest BCUT2D eigenvalue weighted by molar-refractivity contribution is 0.341. The fourth-order valence-corrected chi connectivity index (χ4v) is 6.53. The van der Waals surface area contributed by atoms with Gasteiger partial charge in [0, 0.05) is 45.1 Å². The van der Waals surface area contributed by atoms with Gasteiger partial charge in [0.15, 0.2) is 0 Å². The number of rotatable bonds is 8. The molecule has 0 unspecified atom stereocenters. The Balaban J connectivity index is 1.49. The summed E-state index contributed by atoms with van der Waals surface area (Å²) in [5.74, 6) is 0.390. The van der Waals surface area contributed by atoms with Crippen LogP contribution in [0.25, 0.3) is 22.4 Å². The highest BCUT2D eigenvalue weighted by atomic mass is 32.2. The zero-order chi connectivity index (χ0) is 27.7. The summed E-state index contributed by atoms with van der Waals surface area (Å²) in [5, 5.41) is 0. The number of nitrogens with zero attached hydrogens (tertiary/aromatic N) is 4. The molecule has 0 atom stereocenters. The fraction of sp³-hybridized carbons (Fsp3) is 0.357. The van der Waals surface area contributed by atoms with Crippen molar-refractivity contribution in [2.75, 3.05) is 37.7 Å². The number of hydrogen-bond acceptors (Lipinski definition) is 6. The van der Waals surface area contributed by atoms with E-state index in [0.29, 0.717) is 42.0 Å². The topological polar surface area (TPSA) is 101 Å². The van der Waals surface area contributed by atoms with Gasteiger partial charge in [-0.2, -0.15) is 4.31 Å². The first kappa shape index (κ1) is 26.9. The molecule has 0 spiro atoms. The Bertz CT molecular complexity index is 1660. The van der Waals surface area contributed by atoms with Gasteiger partial charge in [0.25, 0.3) is 5.56 Å². The number of piperazine rings is 1. The summed E-state index contributed by atoms with van der Waals surface area (Å²) in [4.78, 5) is 22.8. The van der Waals surface area contributed by atoms with Crippen molar-refractivity contribution in [3.8, 4) is 17.1 Å². The maximum absolute atomic E-state index is 13.7. The zero-order valence-corrected chi connectivity index (χ0v) is 23.1. The van der Waals surface area contributed by atoms with Gasteiger partial charge in [-0.1, -0.05) is 13.3 Å². The third-order valence-corrected chi connectivity index (χ3v) is 8.89. The van der Waals surface area contributed by atoms with Crippen LogP contribution in [0.1, 0.15) is 25.8 Å². The lowest BCUT2D eigenvalue weighted by Crippen LogP contribution is -2.48. The first-order valence-electron chi connectivity index (χ1n) is 13.1. The minimum Gasteiger partial charge on any atom is -0.493 e. The summed E-state index contributed by atoms with van der Waals surface area (Å²) < 4.78 is 49.7. The summed E-state index contributed by atoms with van der Waals surface area (Å²) in [6.45, 7) is 5.80. The van der Waals surface area contributed by atoms with Crippen LogP contribution < -0.4 is 15.2 Å². The van der Waals surface area contributed by atoms with Gasteiger partial charge in [0.2, 0.25) is 10.0 Å². The van der Waals surface area contributed by atoms with Gasteiger partial charge in [-0.05, 0) is 61.4 Å². The number of aromatic amines is 1. The Morgan fingerprint density at radius 1 is 1.05 bits per heavy atom. The highest BCUT2D eigenvalue weighted by Crippen LogP contribution is 2.33. The number of ether oxygens (including phenoxy) is 1. The molecule has 1 saturated heterocycles. The van der Waals surface area contributed by atoms with Crippen LogP contribution in [0.2, 0.25) is 0 Å². The van der Waals surface area contributed by atoms with E-state index in [1.165, 1.54) is 28.6 Å². The van der Waals surface area contributed by atoms with Crippen molar-refractivity contribution in [2.45, 2.75) is 31.6 Å². The first-order chi connectivity index (χ1) is 18.7. The number of aromatic nitrogens is 3. The van der Waals surface area contributed by atoms with Crippen LogP contribution in [-0.4, -0.2) is 60.0 Å². The highest BCUT2D eigenvalue weighted by Gasteiger charge is 2.30. The van der Waals surface area contributed by atoms with Gasteiger partial charge in [-0.15, -0.1) is 0 Å². The standard InChI is InChI=1S/C28H32FN5O4S/c1-4-6-19-18-32(3)26-25(19)30-27(31-28(26)35)23-17-22(11-12-24(23)38-5-2)39(36,37)34-15-13-33(14-16-34)21-9-7-20(29)8-10-21/h7-12,17-18H,4-6,13-16H2,1-3H3,(H,30,31,35). The number of benzene rings is 2. The van der Waals surface area contributed by atoms with Gasteiger partial charge in [0.05, 0.1) is 22.6 Å². The second-order valence-electron chi connectivity index (χ2n) is 9.59. The van der Waals surface area contributed by atoms with Crippen LogP contribution in [0, 0.1) is 5.82 Å². The number of sulfonamides is 1. The quantitative estimate of drug-likeness (QED) is 0.355. The van der Waals surface area contributed by atoms with Crippen LogP contribution in [0.3, 0.4) is 0 Å². The molecule has 39 heavy (non-hydrogen) atoms. The number of aryl methyl sites for hydroxylation is 2. The van der Waals surface area contributed by atoms with E-state index in [0.717, 1.165) is 24.1 Å². The summed E-state index contributed by atoms with van der Waals surface area (Å²) in [7, 11) is -2.02. The number of nitrogens with one attached hydrogen (secondary N) is 1. The average Bonchev–Trinajstić information content (AvgIpc) is 3.25. The lowest BCUT2D eigenvalue weighted by atomic mass is 10.1. The van der Waals surface area contributed by atoms with Crippen LogP contribution >= 0.6 is 0 Å². The number of halogens is 1. The summed E-state index contributed by atoms with van der Waals surface area (Å²) >= 11 is 0. The van der Waals surface area contributed by atoms with E-state index >= 15 is 0 Å². The van der Waals surface area contributed by atoms with E-state index in [4.69, 9.17) is 9.72 Å². The van der Waals surface area contributed by atoms with Crippen molar-refractivity contribution in [1.29, 1.82) is 0 Å². The van der Waals surface area contributed by atoms with E-state index in [1.54, 1.807) is 22.8 Å². The van der Waals surface area contributed by atoms with Crippen molar-refractivity contribution >= 4 is 26.7 Å². The Hall–Kier alpha value is -3.70.